The largest absolute Gasteiger partial charge is 0.391 e. The molecule has 4 nitrogen and oxygen atoms in total. The molecule has 0 spiro atoms. The van der Waals surface area contributed by atoms with Crippen molar-refractivity contribution in [3.8, 4) is 0 Å². The van der Waals surface area contributed by atoms with E-state index in [0.717, 1.165) is 0 Å². The number of ether oxygens (including phenoxy) is 2. The van der Waals surface area contributed by atoms with Crippen LogP contribution in [0.3, 0.4) is 0 Å². The lowest BCUT2D eigenvalue weighted by Gasteiger charge is -2.16. The third-order valence-electron chi connectivity index (χ3n) is 1.86. The highest BCUT2D eigenvalue weighted by molar-refractivity contribution is 4.81. The zero-order valence-corrected chi connectivity index (χ0v) is 6.73. The van der Waals surface area contributed by atoms with Crippen LogP contribution in [0, 0.1) is 0 Å². The SMILES string of the molecule is CO[C@H]1C[C@@H](O)[C@H]([C@@H](C)O)O1. The molecule has 4 atom stereocenters. The molecule has 0 saturated carbocycles. The smallest absolute Gasteiger partial charge is 0.160 e. The third-order valence-corrected chi connectivity index (χ3v) is 1.86. The van der Waals surface area contributed by atoms with Gasteiger partial charge in [0.25, 0.3) is 0 Å². The van der Waals surface area contributed by atoms with Crippen LogP contribution >= 0.6 is 0 Å². The van der Waals surface area contributed by atoms with Gasteiger partial charge in [-0.05, 0) is 6.92 Å². The van der Waals surface area contributed by atoms with E-state index >= 15 is 0 Å². The van der Waals surface area contributed by atoms with Gasteiger partial charge in [0, 0.05) is 13.5 Å². The summed E-state index contributed by atoms with van der Waals surface area (Å²) in [6.45, 7) is 1.59. The lowest BCUT2D eigenvalue weighted by Crippen LogP contribution is -2.32. The summed E-state index contributed by atoms with van der Waals surface area (Å²) in [7, 11) is 1.52. The molecule has 4 heteroatoms. The molecule has 0 aliphatic carbocycles. The summed E-state index contributed by atoms with van der Waals surface area (Å²) in [5.41, 5.74) is 0. The van der Waals surface area contributed by atoms with Crippen molar-refractivity contribution in [1.82, 2.24) is 0 Å². The number of methoxy groups -OCH3 is 1. The van der Waals surface area contributed by atoms with E-state index in [1.54, 1.807) is 6.92 Å². The Labute approximate surface area is 65.7 Å². The fourth-order valence-corrected chi connectivity index (χ4v) is 1.24. The lowest BCUT2D eigenvalue weighted by molar-refractivity contribution is -0.141. The van der Waals surface area contributed by atoms with Crippen LogP contribution in [-0.4, -0.2) is 41.9 Å². The van der Waals surface area contributed by atoms with Crippen molar-refractivity contribution in [1.29, 1.82) is 0 Å². The van der Waals surface area contributed by atoms with Crippen LogP contribution < -0.4 is 0 Å². The molecule has 0 amide bonds. The topological polar surface area (TPSA) is 58.9 Å². The number of hydrogen-bond donors (Lipinski definition) is 2. The zero-order valence-electron chi connectivity index (χ0n) is 6.73. The second-order valence-corrected chi connectivity index (χ2v) is 2.81. The van der Waals surface area contributed by atoms with Gasteiger partial charge in [-0.15, -0.1) is 0 Å². The van der Waals surface area contributed by atoms with Gasteiger partial charge in [-0.25, -0.2) is 0 Å². The van der Waals surface area contributed by atoms with E-state index in [1.165, 1.54) is 7.11 Å². The first-order valence-corrected chi connectivity index (χ1v) is 3.69. The molecule has 0 aromatic heterocycles. The fourth-order valence-electron chi connectivity index (χ4n) is 1.24. The van der Waals surface area contributed by atoms with Crippen molar-refractivity contribution >= 4 is 0 Å². The van der Waals surface area contributed by atoms with Crippen LogP contribution in [0.5, 0.6) is 0 Å². The van der Waals surface area contributed by atoms with Crippen molar-refractivity contribution in [2.24, 2.45) is 0 Å². The zero-order chi connectivity index (χ0) is 8.43. The molecule has 0 bridgehead atoms. The molecule has 1 heterocycles. The van der Waals surface area contributed by atoms with Gasteiger partial charge in [-0.2, -0.15) is 0 Å². The Morgan fingerprint density at radius 3 is 2.55 bits per heavy atom. The molecule has 0 radical (unpaired) electrons. The van der Waals surface area contributed by atoms with Gasteiger partial charge in [0.15, 0.2) is 6.29 Å². The average Bonchev–Trinajstić information content (AvgIpc) is 2.30. The van der Waals surface area contributed by atoms with Gasteiger partial charge in [-0.3, -0.25) is 0 Å². The van der Waals surface area contributed by atoms with E-state index < -0.39 is 18.3 Å². The minimum Gasteiger partial charge on any atom is -0.391 e. The molecule has 1 saturated heterocycles. The minimum atomic E-state index is -0.648. The molecule has 11 heavy (non-hydrogen) atoms. The number of aliphatic hydroxyl groups excluding tert-OH is 2. The second-order valence-electron chi connectivity index (χ2n) is 2.81. The summed E-state index contributed by atoms with van der Waals surface area (Å²) in [6, 6.07) is 0. The highest BCUT2D eigenvalue weighted by Gasteiger charge is 2.36. The van der Waals surface area contributed by atoms with Gasteiger partial charge in [0.2, 0.25) is 0 Å². The number of rotatable bonds is 2. The van der Waals surface area contributed by atoms with Gasteiger partial charge < -0.3 is 19.7 Å². The minimum absolute atomic E-state index is 0.371. The molecule has 1 fully saturated rings. The quantitative estimate of drug-likeness (QED) is 0.574. The highest BCUT2D eigenvalue weighted by atomic mass is 16.7. The maximum absolute atomic E-state index is 9.30. The Kier molecular flexibility index (Phi) is 2.84. The summed E-state index contributed by atoms with van der Waals surface area (Å²) >= 11 is 0. The predicted octanol–water partition coefficient (Wildman–Crippen LogP) is -0.510. The van der Waals surface area contributed by atoms with Crippen LogP contribution in [0.25, 0.3) is 0 Å². The predicted molar refractivity (Wildman–Crippen MR) is 38.0 cm³/mol. The van der Waals surface area contributed by atoms with E-state index in [0.29, 0.717) is 6.42 Å². The molecule has 1 aliphatic rings. The summed E-state index contributed by atoms with van der Waals surface area (Å²) < 4.78 is 10.0. The Morgan fingerprint density at radius 1 is 1.64 bits per heavy atom. The van der Waals surface area contributed by atoms with Crippen molar-refractivity contribution in [3.05, 3.63) is 0 Å². The average molecular weight is 162 g/mol. The first-order valence-electron chi connectivity index (χ1n) is 3.69. The molecule has 0 unspecified atom stereocenters. The Bertz CT molecular complexity index is 126. The lowest BCUT2D eigenvalue weighted by atomic mass is 10.1. The Hall–Kier alpha value is -0.160. The molecule has 2 N–H and O–H groups in total. The fraction of sp³-hybridized carbons (Fsp3) is 1.00. The molecular formula is C7H14O4. The summed E-state index contributed by atoms with van der Waals surface area (Å²) in [5, 5.41) is 18.4. The van der Waals surface area contributed by atoms with E-state index in [1.807, 2.05) is 0 Å². The first-order chi connectivity index (χ1) is 5.15. The van der Waals surface area contributed by atoms with Gasteiger partial charge in [-0.1, -0.05) is 0 Å². The molecule has 0 aromatic rings. The van der Waals surface area contributed by atoms with Crippen molar-refractivity contribution in [2.45, 2.75) is 37.9 Å². The number of aliphatic hydroxyl groups is 2. The maximum Gasteiger partial charge on any atom is 0.160 e. The Morgan fingerprint density at radius 2 is 2.27 bits per heavy atom. The van der Waals surface area contributed by atoms with Crippen LogP contribution in [0.4, 0.5) is 0 Å². The molecular weight excluding hydrogens is 148 g/mol. The standard InChI is InChI=1S/C7H14O4/c1-4(8)7-5(9)3-6(10-2)11-7/h4-9H,3H2,1-2H3/t4-,5-,6-,7+/m1/s1. The maximum atomic E-state index is 9.30. The summed E-state index contributed by atoms with van der Waals surface area (Å²) in [4.78, 5) is 0. The monoisotopic (exact) mass is 162 g/mol. The van der Waals surface area contributed by atoms with E-state index in [9.17, 15) is 5.11 Å². The van der Waals surface area contributed by atoms with Crippen LogP contribution in [-0.2, 0) is 9.47 Å². The van der Waals surface area contributed by atoms with Crippen LogP contribution in [0.1, 0.15) is 13.3 Å². The van der Waals surface area contributed by atoms with E-state index in [2.05, 4.69) is 0 Å². The Balaban J connectivity index is 2.45. The first kappa shape index (κ1) is 8.93. The van der Waals surface area contributed by atoms with E-state index in [-0.39, 0.29) is 6.29 Å². The molecule has 66 valence electrons. The molecule has 1 rings (SSSR count). The van der Waals surface area contributed by atoms with E-state index in [4.69, 9.17) is 14.6 Å². The number of hydrogen-bond acceptors (Lipinski definition) is 4. The summed E-state index contributed by atoms with van der Waals surface area (Å²) in [6.07, 6.45) is -1.69. The third kappa shape index (κ3) is 1.90. The molecule has 1 aliphatic heterocycles. The van der Waals surface area contributed by atoms with Gasteiger partial charge >= 0.3 is 0 Å². The van der Waals surface area contributed by atoms with Gasteiger partial charge in [0.05, 0.1) is 12.2 Å². The van der Waals surface area contributed by atoms with Crippen molar-refractivity contribution in [3.63, 3.8) is 0 Å². The van der Waals surface area contributed by atoms with Crippen molar-refractivity contribution < 1.29 is 19.7 Å². The van der Waals surface area contributed by atoms with Crippen LogP contribution in [0.15, 0.2) is 0 Å². The highest BCUT2D eigenvalue weighted by Crippen LogP contribution is 2.22. The van der Waals surface area contributed by atoms with Crippen molar-refractivity contribution in [2.75, 3.05) is 7.11 Å². The second kappa shape index (κ2) is 3.49. The van der Waals surface area contributed by atoms with Gasteiger partial charge in [0.1, 0.15) is 6.10 Å². The normalized spacial score (nSPS) is 40.9. The summed E-state index contributed by atoms with van der Waals surface area (Å²) in [5.74, 6) is 0. The van der Waals surface area contributed by atoms with Crippen LogP contribution in [0.2, 0.25) is 0 Å². The molecule has 0 aromatic carbocycles.